The highest BCUT2D eigenvalue weighted by molar-refractivity contribution is 14.0. The standard InChI is InChI=1S/C21H28N4O.HI/c1-3-22-21(25-16-17(2)18-10-6-4-7-11-18)24-15-14-23-20(26)19-12-8-5-9-13-19;/h4-13,17H,3,14-16H2,1-2H3,(H,23,26)(H2,22,24,25);1H. The Morgan fingerprint density at radius 2 is 1.52 bits per heavy atom. The topological polar surface area (TPSA) is 65.5 Å². The minimum absolute atomic E-state index is 0. The molecule has 0 aliphatic carbocycles. The van der Waals surface area contributed by atoms with E-state index in [-0.39, 0.29) is 29.9 Å². The van der Waals surface area contributed by atoms with Gasteiger partial charge < -0.3 is 16.0 Å². The predicted molar refractivity (Wildman–Crippen MR) is 123 cm³/mol. The number of nitrogens with one attached hydrogen (secondary N) is 3. The lowest BCUT2D eigenvalue weighted by Gasteiger charge is -2.14. The highest BCUT2D eigenvalue weighted by Crippen LogP contribution is 2.14. The molecule has 0 bridgehead atoms. The first-order valence-electron chi connectivity index (χ1n) is 9.11. The van der Waals surface area contributed by atoms with Crippen LogP contribution in [0.25, 0.3) is 0 Å². The average Bonchev–Trinajstić information content (AvgIpc) is 2.70. The van der Waals surface area contributed by atoms with Crippen LogP contribution in [0.15, 0.2) is 65.7 Å². The van der Waals surface area contributed by atoms with Crippen molar-refractivity contribution >= 4 is 35.8 Å². The number of aliphatic imine (C=N–C) groups is 1. The lowest BCUT2D eigenvalue weighted by Crippen LogP contribution is -2.41. The first-order valence-corrected chi connectivity index (χ1v) is 9.11. The summed E-state index contributed by atoms with van der Waals surface area (Å²) in [6.07, 6.45) is 0. The molecule has 0 saturated carbocycles. The van der Waals surface area contributed by atoms with Crippen LogP contribution in [0.5, 0.6) is 0 Å². The zero-order chi connectivity index (χ0) is 18.6. The third-order valence-corrected chi connectivity index (χ3v) is 3.98. The van der Waals surface area contributed by atoms with Crippen molar-refractivity contribution in [2.75, 3.05) is 26.2 Å². The van der Waals surface area contributed by atoms with Gasteiger partial charge >= 0.3 is 0 Å². The monoisotopic (exact) mass is 480 g/mol. The minimum atomic E-state index is -0.0629. The molecule has 0 fully saturated rings. The second-order valence-corrected chi connectivity index (χ2v) is 6.08. The summed E-state index contributed by atoms with van der Waals surface area (Å²) in [5.74, 6) is 1.06. The molecule has 146 valence electrons. The van der Waals surface area contributed by atoms with Crippen LogP contribution >= 0.6 is 24.0 Å². The van der Waals surface area contributed by atoms with Crippen molar-refractivity contribution in [2.24, 2.45) is 4.99 Å². The molecule has 0 spiro atoms. The molecule has 3 N–H and O–H groups in total. The second kappa shape index (κ2) is 13.1. The molecule has 1 atom stereocenters. The molecule has 5 nitrogen and oxygen atoms in total. The summed E-state index contributed by atoms with van der Waals surface area (Å²) >= 11 is 0. The molecule has 0 heterocycles. The molecule has 2 aromatic rings. The van der Waals surface area contributed by atoms with E-state index in [9.17, 15) is 4.79 Å². The van der Waals surface area contributed by atoms with Crippen LogP contribution in [0.4, 0.5) is 0 Å². The smallest absolute Gasteiger partial charge is 0.251 e. The summed E-state index contributed by atoms with van der Waals surface area (Å²) in [5.41, 5.74) is 1.95. The molecular formula is C21H29IN4O. The highest BCUT2D eigenvalue weighted by Gasteiger charge is 2.06. The van der Waals surface area contributed by atoms with Crippen molar-refractivity contribution in [1.29, 1.82) is 0 Å². The highest BCUT2D eigenvalue weighted by atomic mass is 127. The first-order chi connectivity index (χ1) is 12.7. The van der Waals surface area contributed by atoms with Gasteiger partial charge in [0.25, 0.3) is 5.91 Å². The van der Waals surface area contributed by atoms with Crippen LogP contribution in [0.1, 0.15) is 35.7 Å². The summed E-state index contributed by atoms with van der Waals surface area (Å²) in [5, 5.41) is 9.40. The summed E-state index contributed by atoms with van der Waals surface area (Å²) in [6.45, 7) is 6.85. The molecule has 0 aromatic heterocycles. The Morgan fingerprint density at radius 1 is 0.926 bits per heavy atom. The lowest BCUT2D eigenvalue weighted by atomic mass is 10.0. The Bertz CT molecular complexity index is 692. The SMILES string of the molecule is CCNC(=NCC(C)c1ccccc1)NCCNC(=O)c1ccccc1.I. The zero-order valence-corrected chi connectivity index (χ0v) is 18.3. The normalized spacial score (nSPS) is 11.9. The van der Waals surface area contributed by atoms with Gasteiger partial charge in [-0.3, -0.25) is 9.79 Å². The number of carbonyl (C=O) groups is 1. The van der Waals surface area contributed by atoms with E-state index in [4.69, 9.17) is 0 Å². The van der Waals surface area contributed by atoms with E-state index < -0.39 is 0 Å². The van der Waals surface area contributed by atoms with Crippen LogP contribution in [0.3, 0.4) is 0 Å². The van der Waals surface area contributed by atoms with E-state index in [1.54, 1.807) is 12.1 Å². The number of nitrogens with zero attached hydrogens (tertiary/aromatic N) is 1. The fourth-order valence-electron chi connectivity index (χ4n) is 2.51. The number of benzene rings is 2. The summed E-state index contributed by atoms with van der Waals surface area (Å²) in [7, 11) is 0. The molecule has 1 amide bonds. The summed E-state index contributed by atoms with van der Waals surface area (Å²) < 4.78 is 0. The molecule has 0 aliphatic heterocycles. The molecule has 2 aromatic carbocycles. The number of hydrogen-bond acceptors (Lipinski definition) is 2. The third kappa shape index (κ3) is 8.43. The van der Waals surface area contributed by atoms with Crippen molar-refractivity contribution < 1.29 is 4.79 Å². The molecule has 0 radical (unpaired) electrons. The van der Waals surface area contributed by atoms with E-state index in [1.807, 2.05) is 31.2 Å². The predicted octanol–water partition coefficient (Wildman–Crippen LogP) is 3.39. The van der Waals surface area contributed by atoms with Crippen molar-refractivity contribution in [3.8, 4) is 0 Å². The van der Waals surface area contributed by atoms with E-state index in [0.29, 0.717) is 31.1 Å². The number of halogens is 1. The number of amides is 1. The molecule has 2 rings (SSSR count). The Labute approximate surface area is 179 Å². The molecular weight excluding hydrogens is 451 g/mol. The number of hydrogen-bond donors (Lipinski definition) is 3. The van der Waals surface area contributed by atoms with Gasteiger partial charge in [0, 0.05) is 37.7 Å². The maximum atomic E-state index is 12.0. The Balaban J connectivity index is 0.00000364. The van der Waals surface area contributed by atoms with Gasteiger partial charge in [-0.05, 0) is 24.6 Å². The molecule has 0 saturated heterocycles. The average molecular weight is 480 g/mol. The fraction of sp³-hybridized carbons (Fsp3) is 0.333. The Morgan fingerprint density at radius 3 is 2.15 bits per heavy atom. The van der Waals surface area contributed by atoms with Crippen LogP contribution in [-0.4, -0.2) is 38.0 Å². The summed E-state index contributed by atoms with van der Waals surface area (Å²) in [6, 6.07) is 19.6. The van der Waals surface area contributed by atoms with Gasteiger partial charge in [-0.2, -0.15) is 0 Å². The van der Waals surface area contributed by atoms with Crippen molar-refractivity contribution in [1.82, 2.24) is 16.0 Å². The molecule has 27 heavy (non-hydrogen) atoms. The lowest BCUT2D eigenvalue weighted by molar-refractivity contribution is 0.0954. The largest absolute Gasteiger partial charge is 0.357 e. The zero-order valence-electron chi connectivity index (χ0n) is 15.9. The molecule has 6 heteroatoms. The Hall–Kier alpha value is -2.09. The minimum Gasteiger partial charge on any atom is -0.357 e. The quantitative estimate of drug-likeness (QED) is 0.235. The Kier molecular flexibility index (Phi) is 11.2. The van der Waals surface area contributed by atoms with Crippen LogP contribution in [0, 0.1) is 0 Å². The van der Waals surface area contributed by atoms with Gasteiger partial charge in [-0.15, -0.1) is 24.0 Å². The maximum Gasteiger partial charge on any atom is 0.251 e. The first kappa shape index (κ1) is 23.0. The maximum absolute atomic E-state index is 12.0. The van der Waals surface area contributed by atoms with Gasteiger partial charge in [-0.25, -0.2) is 0 Å². The van der Waals surface area contributed by atoms with Gasteiger partial charge in [-0.1, -0.05) is 55.5 Å². The molecule has 1 unspecified atom stereocenters. The van der Waals surface area contributed by atoms with E-state index in [1.165, 1.54) is 5.56 Å². The van der Waals surface area contributed by atoms with Crippen molar-refractivity contribution in [3.63, 3.8) is 0 Å². The third-order valence-electron chi connectivity index (χ3n) is 3.98. The van der Waals surface area contributed by atoms with Gasteiger partial charge in [0.2, 0.25) is 0 Å². The number of carbonyl (C=O) groups excluding carboxylic acids is 1. The summed E-state index contributed by atoms with van der Waals surface area (Å²) in [4.78, 5) is 16.6. The van der Waals surface area contributed by atoms with Gasteiger partial charge in [0.1, 0.15) is 0 Å². The number of guanidine groups is 1. The second-order valence-electron chi connectivity index (χ2n) is 6.08. The van der Waals surface area contributed by atoms with E-state index >= 15 is 0 Å². The van der Waals surface area contributed by atoms with Crippen LogP contribution in [-0.2, 0) is 0 Å². The van der Waals surface area contributed by atoms with E-state index in [0.717, 1.165) is 12.5 Å². The van der Waals surface area contributed by atoms with Gasteiger partial charge in [0.05, 0.1) is 0 Å². The van der Waals surface area contributed by atoms with E-state index in [2.05, 4.69) is 52.1 Å². The van der Waals surface area contributed by atoms with Crippen molar-refractivity contribution in [2.45, 2.75) is 19.8 Å². The van der Waals surface area contributed by atoms with Crippen LogP contribution in [0.2, 0.25) is 0 Å². The van der Waals surface area contributed by atoms with Gasteiger partial charge in [0.15, 0.2) is 5.96 Å². The fourth-order valence-corrected chi connectivity index (χ4v) is 2.51. The van der Waals surface area contributed by atoms with Crippen LogP contribution < -0.4 is 16.0 Å². The van der Waals surface area contributed by atoms with Crippen molar-refractivity contribution in [3.05, 3.63) is 71.8 Å². The molecule has 0 aliphatic rings. The number of rotatable bonds is 8.